The van der Waals surface area contributed by atoms with Gasteiger partial charge in [0.1, 0.15) is 17.2 Å². The minimum atomic E-state index is -5.07. The van der Waals surface area contributed by atoms with Gasteiger partial charge in [-0.3, -0.25) is 4.39 Å². The highest BCUT2D eigenvalue weighted by Crippen LogP contribution is 2.38. The van der Waals surface area contributed by atoms with Crippen molar-refractivity contribution >= 4 is 0 Å². The smallest absolute Gasteiger partial charge is 0.251 e. The van der Waals surface area contributed by atoms with Crippen LogP contribution in [-0.4, -0.2) is 6.67 Å². The van der Waals surface area contributed by atoms with Gasteiger partial charge in [0.05, 0.1) is 6.67 Å². The largest absolute Gasteiger partial charge is 0.422 e. The van der Waals surface area contributed by atoms with Crippen molar-refractivity contribution < 1.29 is 26.3 Å². The van der Waals surface area contributed by atoms with E-state index in [0.29, 0.717) is 23.8 Å². The van der Waals surface area contributed by atoms with E-state index in [2.05, 4.69) is 6.08 Å². The van der Waals surface area contributed by atoms with Crippen molar-refractivity contribution in [2.75, 3.05) is 6.67 Å². The summed E-state index contributed by atoms with van der Waals surface area (Å²) in [5.74, 6) is -2.39. The van der Waals surface area contributed by atoms with Gasteiger partial charge >= 0.3 is 6.18 Å². The molecule has 0 atom stereocenters. The van der Waals surface area contributed by atoms with Crippen LogP contribution in [0.25, 0.3) is 11.1 Å². The Bertz CT molecular complexity index is 820. The predicted octanol–water partition coefficient (Wildman–Crippen LogP) is 7.84. The number of benzene rings is 2. The minimum Gasteiger partial charge on any atom is -0.251 e. The molecule has 2 aromatic rings. The summed E-state index contributed by atoms with van der Waals surface area (Å²) in [6.45, 7) is -0.342. The molecule has 0 radical (unpaired) electrons. The van der Waals surface area contributed by atoms with E-state index in [1.54, 1.807) is 12.1 Å². The summed E-state index contributed by atoms with van der Waals surface area (Å²) in [6.07, 6.45) is 3.38. The Morgan fingerprint density at radius 2 is 1.45 bits per heavy atom. The molecular weight excluding hydrogens is 390 g/mol. The van der Waals surface area contributed by atoms with Crippen LogP contribution < -0.4 is 0 Å². The molecule has 29 heavy (non-hydrogen) atoms. The summed E-state index contributed by atoms with van der Waals surface area (Å²) in [7, 11) is 0. The van der Waals surface area contributed by atoms with Gasteiger partial charge in [0.25, 0.3) is 0 Å². The van der Waals surface area contributed by atoms with E-state index < -0.39 is 23.4 Å². The first-order valence-electron chi connectivity index (χ1n) is 9.68. The van der Waals surface area contributed by atoms with E-state index in [-0.39, 0.29) is 12.2 Å². The molecule has 1 saturated carbocycles. The second kappa shape index (κ2) is 9.06. The fourth-order valence-corrected chi connectivity index (χ4v) is 3.95. The molecule has 0 unspecified atom stereocenters. The predicted molar refractivity (Wildman–Crippen MR) is 101 cm³/mol. The zero-order valence-corrected chi connectivity index (χ0v) is 15.8. The second-order valence-electron chi connectivity index (χ2n) is 7.45. The van der Waals surface area contributed by atoms with E-state index in [1.165, 1.54) is 0 Å². The van der Waals surface area contributed by atoms with Gasteiger partial charge in [-0.1, -0.05) is 36.4 Å². The number of hydrogen-bond acceptors (Lipinski definition) is 0. The molecule has 2 aromatic carbocycles. The molecule has 6 heteroatoms. The van der Waals surface area contributed by atoms with Crippen molar-refractivity contribution in [2.24, 2.45) is 5.92 Å². The third-order valence-electron chi connectivity index (χ3n) is 5.50. The Labute approximate surface area is 166 Å². The maximum atomic E-state index is 13.8. The molecule has 3 rings (SSSR count). The zero-order valence-electron chi connectivity index (χ0n) is 15.8. The highest BCUT2D eigenvalue weighted by atomic mass is 19.4. The number of halogens is 6. The molecule has 1 fully saturated rings. The first kappa shape index (κ1) is 21.5. The van der Waals surface area contributed by atoms with Gasteiger partial charge in [0, 0.05) is 0 Å². The van der Waals surface area contributed by atoms with Gasteiger partial charge in [-0.2, -0.15) is 13.2 Å². The molecule has 1 aliphatic carbocycles. The lowest BCUT2D eigenvalue weighted by Crippen LogP contribution is -2.12. The molecule has 0 nitrogen and oxygen atoms in total. The van der Waals surface area contributed by atoms with Crippen molar-refractivity contribution in [1.29, 1.82) is 0 Å². The van der Waals surface area contributed by atoms with Crippen molar-refractivity contribution in [2.45, 2.75) is 44.2 Å². The van der Waals surface area contributed by atoms with Crippen molar-refractivity contribution in [3.05, 3.63) is 71.3 Å². The van der Waals surface area contributed by atoms with Gasteiger partial charge in [-0.25, -0.2) is 8.78 Å². The van der Waals surface area contributed by atoms with E-state index in [1.807, 2.05) is 18.2 Å². The highest BCUT2D eigenvalue weighted by Gasteiger charge is 2.38. The van der Waals surface area contributed by atoms with Crippen LogP contribution in [0.1, 0.15) is 49.1 Å². The Morgan fingerprint density at radius 1 is 0.862 bits per heavy atom. The van der Waals surface area contributed by atoms with E-state index in [9.17, 15) is 26.3 Å². The van der Waals surface area contributed by atoms with Crippen LogP contribution in [0.15, 0.2) is 48.6 Å². The summed E-state index contributed by atoms with van der Waals surface area (Å²) in [5.41, 5.74) is -0.229. The topological polar surface area (TPSA) is 0 Å². The Hall–Kier alpha value is -2.24. The van der Waals surface area contributed by atoms with E-state index in [4.69, 9.17) is 0 Å². The summed E-state index contributed by atoms with van der Waals surface area (Å²) in [5, 5.41) is 0. The maximum absolute atomic E-state index is 13.8. The highest BCUT2D eigenvalue weighted by molar-refractivity contribution is 5.64. The number of alkyl halides is 4. The summed E-state index contributed by atoms with van der Waals surface area (Å²) in [4.78, 5) is 0. The number of rotatable bonds is 5. The van der Waals surface area contributed by atoms with E-state index >= 15 is 0 Å². The molecule has 156 valence electrons. The van der Waals surface area contributed by atoms with Gasteiger partial charge in [0.2, 0.25) is 0 Å². The molecule has 0 N–H and O–H groups in total. The molecule has 0 spiro atoms. The lowest BCUT2D eigenvalue weighted by molar-refractivity contribution is -0.142. The van der Waals surface area contributed by atoms with Gasteiger partial charge in [-0.05, 0) is 72.8 Å². The third kappa shape index (κ3) is 5.22. The van der Waals surface area contributed by atoms with Crippen LogP contribution in [0.4, 0.5) is 26.3 Å². The monoisotopic (exact) mass is 412 g/mol. The fourth-order valence-electron chi connectivity index (χ4n) is 3.95. The first-order valence-corrected chi connectivity index (χ1v) is 9.68. The van der Waals surface area contributed by atoms with Gasteiger partial charge in [0.15, 0.2) is 0 Å². The molecule has 0 aliphatic heterocycles. The summed E-state index contributed by atoms with van der Waals surface area (Å²) in [6, 6.07) is 8.54. The number of allylic oxidation sites excluding steroid dienone is 2. The van der Waals surface area contributed by atoms with Crippen LogP contribution in [0.2, 0.25) is 0 Å². The van der Waals surface area contributed by atoms with Crippen molar-refractivity contribution in [3.63, 3.8) is 0 Å². The maximum Gasteiger partial charge on any atom is 0.422 e. The van der Waals surface area contributed by atoms with Crippen LogP contribution in [-0.2, 0) is 6.18 Å². The zero-order chi connectivity index (χ0) is 21.0. The van der Waals surface area contributed by atoms with Crippen molar-refractivity contribution in [1.82, 2.24) is 0 Å². The fraction of sp³-hybridized carbons (Fsp3) is 0.391. The van der Waals surface area contributed by atoms with Gasteiger partial charge in [-0.15, -0.1) is 0 Å². The quantitative estimate of drug-likeness (QED) is 0.347. The lowest BCUT2D eigenvalue weighted by Gasteiger charge is -2.27. The standard InChI is InChI=1S/C23H22F6/c24-12-2-1-3-15-4-6-16(7-5-15)17-8-10-18(11-9-17)19-13-20(25)22(21(26)14-19)23(27,28)29/h1,3,8-11,13-16H,2,4-7,12H2. The van der Waals surface area contributed by atoms with Crippen LogP contribution in [0.5, 0.6) is 0 Å². The van der Waals surface area contributed by atoms with E-state index in [0.717, 1.165) is 43.4 Å². The third-order valence-corrected chi connectivity index (χ3v) is 5.50. The van der Waals surface area contributed by atoms with Crippen LogP contribution in [0, 0.1) is 17.6 Å². The van der Waals surface area contributed by atoms with Crippen LogP contribution in [0.3, 0.4) is 0 Å². The average Bonchev–Trinajstić information content (AvgIpc) is 2.67. The number of hydrogen-bond donors (Lipinski definition) is 0. The molecule has 0 bridgehead atoms. The van der Waals surface area contributed by atoms with Crippen LogP contribution >= 0.6 is 0 Å². The Balaban J connectivity index is 1.70. The van der Waals surface area contributed by atoms with Gasteiger partial charge < -0.3 is 0 Å². The average molecular weight is 412 g/mol. The summed E-state index contributed by atoms with van der Waals surface area (Å²) < 4.78 is 78.0. The first-order chi connectivity index (χ1) is 13.8. The molecule has 0 amide bonds. The second-order valence-corrected chi connectivity index (χ2v) is 7.45. The molecule has 1 aliphatic rings. The molecule has 0 saturated heterocycles. The lowest BCUT2D eigenvalue weighted by atomic mass is 9.78. The van der Waals surface area contributed by atoms with Crippen molar-refractivity contribution in [3.8, 4) is 11.1 Å². The molecule has 0 heterocycles. The minimum absolute atomic E-state index is 0.0706. The Morgan fingerprint density at radius 3 is 1.97 bits per heavy atom. The SMILES string of the molecule is FCCC=CC1CCC(c2ccc(-c3cc(F)c(C(F)(F)F)c(F)c3)cc2)CC1. The summed E-state index contributed by atoms with van der Waals surface area (Å²) >= 11 is 0. The Kier molecular flexibility index (Phi) is 6.70. The molecular formula is C23H22F6. The molecule has 0 aromatic heterocycles. The normalized spacial score (nSPS) is 20.3.